The average molecular weight is 307 g/mol. The van der Waals surface area contributed by atoms with E-state index in [0.29, 0.717) is 5.65 Å². The number of hydrogen-bond donors (Lipinski definition) is 1. The van der Waals surface area contributed by atoms with Gasteiger partial charge in [0.25, 0.3) is 0 Å². The Labute approximate surface area is 112 Å². The van der Waals surface area contributed by atoms with Crippen molar-refractivity contribution in [2.24, 2.45) is 0 Å². The van der Waals surface area contributed by atoms with Crippen LogP contribution in [0.5, 0.6) is 0 Å². The van der Waals surface area contributed by atoms with Gasteiger partial charge in [0.2, 0.25) is 0 Å². The first-order valence-corrected chi connectivity index (χ1v) is 6.74. The third-order valence-corrected chi connectivity index (χ3v) is 3.22. The summed E-state index contributed by atoms with van der Waals surface area (Å²) in [5.41, 5.74) is 2.64. The van der Waals surface area contributed by atoms with E-state index < -0.39 is 0 Å². The topological polar surface area (TPSA) is 72.3 Å². The summed E-state index contributed by atoms with van der Waals surface area (Å²) in [6.45, 7) is 0. The molecule has 3 aromatic rings. The number of rotatable bonds is 4. The number of aromatic amines is 1. The summed E-state index contributed by atoms with van der Waals surface area (Å²) in [6.07, 6.45) is 9.06. The largest absolute Gasteiger partial charge is 0.340 e. The van der Waals surface area contributed by atoms with E-state index >= 15 is 0 Å². The minimum absolute atomic E-state index is 0.650. The van der Waals surface area contributed by atoms with Gasteiger partial charge >= 0.3 is 0 Å². The monoisotopic (exact) mass is 306 g/mol. The quantitative estimate of drug-likeness (QED) is 0.747. The molecule has 0 unspecified atom stereocenters. The molecule has 0 amide bonds. The van der Waals surface area contributed by atoms with Crippen molar-refractivity contribution in [3.8, 4) is 5.82 Å². The van der Waals surface area contributed by atoms with E-state index in [4.69, 9.17) is 0 Å². The molecule has 1 N–H and O–H groups in total. The second kappa shape index (κ2) is 4.85. The van der Waals surface area contributed by atoms with Gasteiger partial charge in [-0.25, -0.2) is 19.6 Å². The number of fused-ring (bicyclic) bond motifs is 1. The summed E-state index contributed by atoms with van der Waals surface area (Å²) in [5, 5.41) is 5.33. The van der Waals surface area contributed by atoms with Crippen LogP contribution in [0, 0.1) is 0 Å². The number of nitrogens with one attached hydrogen (secondary N) is 1. The molecule has 0 atom stereocenters. The maximum Gasteiger partial charge on any atom is 0.182 e. The highest BCUT2D eigenvalue weighted by molar-refractivity contribution is 9.09. The van der Waals surface area contributed by atoms with Crippen LogP contribution < -0.4 is 0 Å². The van der Waals surface area contributed by atoms with Gasteiger partial charge in [0.1, 0.15) is 11.8 Å². The molecule has 0 bridgehead atoms. The maximum absolute atomic E-state index is 4.33. The number of nitrogens with zero attached hydrogens (tertiary/aromatic N) is 5. The summed E-state index contributed by atoms with van der Waals surface area (Å²) < 4.78 is 1.76. The summed E-state index contributed by atoms with van der Waals surface area (Å²) in [7, 11) is 0. The van der Waals surface area contributed by atoms with E-state index in [2.05, 4.69) is 41.0 Å². The Morgan fingerprint density at radius 1 is 1.28 bits per heavy atom. The Balaban J connectivity index is 1.98. The molecule has 3 aromatic heterocycles. The molecule has 0 aromatic carbocycles. The normalized spacial score (nSPS) is 11.2. The Kier molecular flexibility index (Phi) is 3.06. The Morgan fingerprint density at radius 2 is 2.22 bits per heavy atom. The molecule has 0 radical (unpaired) electrons. The second-order valence-corrected chi connectivity index (χ2v) is 4.68. The summed E-state index contributed by atoms with van der Waals surface area (Å²) in [6, 6.07) is 0. The van der Waals surface area contributed by atoms with Gasteiger partial charge in [0.05, 0.1) is 12.5 Å². The van der Waals surface area contributed by atoms with E-state index in [-0.39, 0.29) is 0 Å². The van der Waals surface area contributed by atoms with Gasteiger partial charge in [-0.05, 0) is 18.4 Å². The van der Waals surface area contributed by atoms with E-state index in [1.54, 1.807) is 11.0 Å². The predicted octanol–water partition coefficient (Wildman–Crippen LogP) is 1.87. The minimum Gasteiger partial charge on any atom is -0.340 e. The highest BCUT2D eigenvalue weighted by atomic mass is 79.9. The van der Waals surface area contributed by atoms with Gasteiger partial charge < -0.3 is 4.98 Å². The number of halogens is 1. The van der Waals surface area contributed by atoms with Crippen molar-refractivity contribution in [2.75, 3.05) is 5.33 Å². The zero-order chi connectivity index (χ0) is 12.4. The molecule has 0 aliphatic rings. The third kappa shape index (κ3) is 2.01. The van der Waals surface area contributed by atoms with Crippen molar-refractivity contribution in [3.63, 3.8) is 0 Å². The van der Waals surface area contributed by atoms with Crippen molar-refractivity contribution < 1.29 is 0 Å². The molecule has 18 heavy (non-hydrogen) atoms. The summed E-state index contributed by atoms with van der Waals surface area (Å²) in [4.78, 5) is 15.5. The van der Waals surface area contributed by atoms with E-state index in [0.717, 1.165) is 29.5 Å². The Bertz CT molecular complexity index is 658. The third-order valence-electron chi connectivity index (χ3n) is 2.66. The van der Waals surface area contributed by atoms with Crippen LogP contribution in [0.1, 0.15) is 12.0 Å². The molecule has 0 aliphatic heterocycles. The zero-order valence-corrected chi connectivity index (χ0v) is 11.1. The number of H-pyrrole nitrogens is 1. The standard InChI is InChI=1S/C11H11BrN6/c12-3-1-2-8-4-17-18(5-8)11-9-10(14-6-13-9)15-7-16-11/h4-7H,1-3H2,(H,13,14,15,16). The number of hydrogen-bond acceptors (Lipinski definition) is 4. The lowest BCUT2D eigenvalue weighted by Crippen LogP contribution is -1.99. The van der Waals surface area contributed by atoms with E-state index in [1.165, 1.54) is 11.9 Å². The van der Waals surface area contributed by atoms with Crippen LogP contribution in [0.15, 0.2) is 25.0 Å². The van der Waals surface area contributed by atoms with Crippen LogP contribution in [0.4, 0.5) is 0 Å². The molecule has 0 fully saturated rings. The summed E-state index contributed by atoms with van der Waals surface area (Å²) in [5.74, 6) is 0.725. The van der Waals surface area contributed by atoms with Crippen LogP contribution in [0.2, 0.25) is 0 Å². The van der Waals surface area contributed by atoms with E-state index in [9.17, 15) is 0 Å². The van der Waals surface area contributed by atoms with Crippen molar-refractivity contribution in [1.82, 2.24) is 29.7 Å². The molecule has 92 valence electrons. The molecule has 3 rings (SSSR count). The summed E-state index contributed by atoms with van der Waals surface area (Å²) >= 11 is 3.42. The maximum atomic E-state index is 4.33. The molecule has 0 aliphatic carbocycles. The van der Waals surface area contributed by atoms with Crippen molar-refractivity contribution in [3.05, 3.63) is 30.6 Å². The fraction of sp³-hybridized carbons (Fsp3) is 0.273. The van der Waals surface area contributed by atoms with Gasteiger partial charge in [-0.15, -0.1) is 0 Å². The molecule has 6 nitrogen and oxygen atoms in total. The van der Waals surface area contributed by atoms with Crippen molar-refractivity contribution in [2.45, 2.75) is 12.8 Å². The molecular weight excluding hydrogens is 296 g/mol. The van der Waals surface area contributed by atoms with Crippen molar-refractivity contribution >= 4 is 27.1 Å². The van der Waals surface area contributed by atoms with Crippen LogP contribution >= 0.6 is 15.9 Å². The zero-order valence-electron chi connectivity index (χ0n) is 9.54. The lowest BCUT2D eigenvalue weighted by molar-refractivity contribution is 0.846. The lowest BCUT2D eigenvalue weighted by Gasteiger charge is -2.00. The minimum atomic E-state index is 0.650. The van der Waals surface area contributed by atoms with Crippen LogP contribution in [0.25, 0.3) is 17.0 Å². The fourth-order valence-corrected chi connectivity index (χ4v) is 2.08. The molecule has 0 saturated heterocycles. The molecule has 3 heterocycles. The fourth-order valence-electron chi connectivity index (χ4n) is 1.80. The number of alkyl halides is 1. The van der Waals surface area contributed by atoms with Crippen LogP contribution in [0.3, 0.4) is 0 Å². The number of aromatic nitrogens is 6. The van der Waals surface area contributed by atoms with Gasteiger partial charge in [0.15, 0.2) is 11.5 Å². The molecular formula is C11H11BrN6. The van der Waals surface area contributed by atoms with Gasteiger partial charge in [0, 0.05) is 11.5 Å². The molecule has 0 saturated carbocycles. The second-order valence-electron chi connectivity index (χ2n) is 3.88. The Morgan fingerprint density at radius 3 is 3.11 bits per heavy atom. The van der Waals surface area contributed by atoms with Crippen LogP contribution in [-0.2, 0) is 6.42 Å². The van der Waals surface area contributed by atoms with Crippen molar-refractivity contribution in [1.29, 1.82) is 0 Å². The van der Waals surface area contributed by atoms with Gasteiger partial charge in [-0.2, -0.15) is 5.10 Å². The first-order valence-electron chi connectivity index (χ1n) is 5.62. The molecule has 0 spiro atoms. The number of imidazole rings is 1. The van der Waals surface area contributed by atoms with Crippen LogP contribution in [-0.4, -0.2) is 35.0 Å². The molecule has 7 heteroatoms. The number of aryl methyl sites for hydroxylation is 1. The lowest BCUT2D eigenvalue weighted by atomic mass is 10.2. The highest BCUT2D eigenvalue weighted by Crippen LogP contribution is 2.14. The van der Waals surface area contributed by atoms with Gasteiger partial charge in [-0.1, -0.05) is 15.9 Å². The first kappa shape index (κ1) is 11.3. The average Bonchev–Trinajstić information content (AvgIpc) is 3.04. The highest BCUT2D eigenvalue weighted by Gasteiger charge is 2.09. The van der Waals surface area contributed by atoms with E-state index in [1.807, 2.05) is 12.4 Å². The van der Waals surface area contributed by atoms with Gasteiger partial charge in [-0.3, -0.25) is 0 Å². The predicted molar refractivity (Wildman–Crippen MR) is 70.9 cm³/mol. The SMILES string of the molecule is BrCCCc1cnn(-c2ncnc3nc[nH]c23)c1. The smallest absolute Gasteiger partial charge is 0.182 e. The Hall–Kier alpha value is -1.76. The first-order chi connectivity index (χ1) is 8.88.